The third-order valence-corrected chi connectivity index (χ3v) is 3.07. The van der Waals surface area contributed by atoms with Gasteiger partial charge in [0.05, 0.1) is 13.7 Å². The molecular weight excluding hydrogens is 270 g/mol. The number of aromatic nitrogens is 2. The van der Waals surface area contributed by atoms with E-state index in [-0.39, 0.29) is 24.0 Å². The molecule has 1 saturated heterocycles. The summed E-state index contributed by atoms with van der Waals surface area (Å²) in [7, 11) is 2.88. The van der Waals surface area contributed by atoms with Crippen LogP contribution in [0, 0.1) is 0 Å². The van der Waals surface area contributed by atoms with Crippen LogP contribution < -0.4 is 15.6 Å². The first kappa shape index (κ1) is 14.7. The van der Waals surface area contributed by atoms with Gasteiger partial charge >= 0.3 is 6.01 Å². The first-order valence-corrected chi connectivity index (χ1v) is 5.98. The first-order valence-electron chi connectivity index (χ1n) is 5.98. The van der Waals surface area contributed by atoms with Crippen LogP contribution in [0.2, 0.25) is 0 Å². The van der Waals surface area contributed by atoms with E-state index in [0.717, 1.165) is 0 Å². The van der Waals surface area contributed by atoms with Crippen LogP contribution in [0.4, 0.5) is 5.82 Å². The molecule has 1 aromatic heterocycles. The zero-order chi connectivity index (χ0) is 14.9. The Bertz CT molecular complexity index is 533. The van der Waals surface area contributed by atoms with Crippen molar-refractivity contribution in [3.05, 3.63) is 16.4 Å². The van der Waals surface area contributed by atoms with Crippen LogP contribution in [0.5, 0.6) is 6.01 Å². The molecule has 9 nitrogen and oxygen atoms in total. The van der Waals surface area contributed by atoms with E-state index in [1.54, 1.807) is 0 Å². The molecule has 1 fully saturated rings. The predicted molar refractivity (Wildman–Crippen MR) is 67.4 cm³/mol. The molecule has 9 heteroatoms. The van der Waals surface area contributed by atoms with Crippen molar-refractivity contribution in [2.45, 2.75) is 24.5 Å². The Balaban J connectivity index is 2.18. The van der Waals surface area contributed by atoms with Crippen LogP contribution in [-0.2, 0) is 11.8 Å². The molecule has 1 aliphatic heterocycles. The van der Waals surface area contributed by atoms with E-state index in [0.29, 0.717) is 0 Å². The average molecular weight is 287 g/mol. The Kier molecular flexibility index (Phi) is 4.23. The van der Waals surface area contributed by atoms with Gasteiger partial charge in [0.1, 0.15) is 24.1 Å². The van der Waals surface area contributed by atoms with E-state index >= 15 is 0 Å². The lowest BCUT2D eigenvalue weighted by Gasteiger charge is -2.35. The summed E-state index contributed by atoms with van der Waals surface area (Å²) in [6.45, 7) is -0.141. The fourth-order valence-electron chi connectivity index (χ4n) is 1.85. The highest BCUT2D eigenvalue weighted by Gasteiger charge is 2.37. The van der Waals surface area contributed by atoms with Crippen molar-refractivity contribution in [2.24, 2.45) is 7.05 Å². The van der Waals surface area contributed by atoms with Gasteiger partial charge in [-0.05, 0) is 0 Å². The number of methoxy groups -OCH3 is 1. The molecule has 2 rings (SSSR count). The van der Waals surface area contributed by atoms with Gasteiger partial charge in [0, 0.05) is 13.1 Å². The standard InChI is InChI=1S/C11H17N3O6/c1-14-7(16)3-6(13-11(14)19-2)12-10-9(18)8(17)5(15)4-20-10/h3,5,8-10,12,15,17-18H,4H2,1-2H3/t5-,8-,9+,10-/m1/s1. The lowest BCUT2D eigenvalue weighted by Crippen LogP contribution is -2.55. The maximum Gasteiger partial charge on any atom is 0.300 e. The highest BCUT2D eigenvalue weighted by Crippen LogP contribution is 2.17. The van der Waals surface area contributed by atoms with Gasteiger partial charge in [0.15, 0.2) is 6.23 Å². The molecule has 0 unspecified atom stereocenters. The summed E-state index contributed by atoms with van der Waals surface area (Å²) >= 11 is 0. The SMILES string of the molecule is COc1nc(N[C@@H]2OC[C@@H](O)[C@@H](O)[C@@H]2O)cc(=O)n1C. The van der Waals surface area contributed by atoms with E-state index in [2.05, 4.69) is 10.3 Å². The van der Waals surface area contributed by atoms with Gasteiger partial charge < -0.3 is 30.1 Å². The molecule has 0 bridgehead atoms. The van der Waals surface area contributed by atoms with Crippen molar-refractivity contribution in [1.29, 1.82) is 0 Å². The van der Waals surface area contributed by atoms with E-state index < -0.39 is 24.5 Å². The number of nitrogens with zero attached hydrogens (tertiary/aromatic N) is 2. The lowest BCUT2D eigenvalue weighted by atomic mass is 10.0. The molecular formula is C11H17N3O6. The van der Waals surface area contributed by atoms with Crippen LogP contribution in [0.1, 0.15) is 0 Å². The molecule has 0 aromatic carbocycles. The summed E-state index contributed by atoms with van der Waals surface area (Å²) in [6.07, 6.45) is -4.84. The molecule has 4 N–H and O–H groups in total. The van der Waals surface area contributed by atoms with Gasteiger partial charge in [-0.1, -0.05) is 0 Å². The normalized spacial score (nSPS) is 30.1. The fraction of sp³-hybridized carbons (Fsp3) is 0.636. The average Bonchev–Trinajstić information content (AvgIpc) is 2.43. The van der Waals surface area contributed by atoms with Crippen LogP contribution in [0.15, 0.2) is 10.9 Å². The summed E-state index contributed by atoms with van der Waals surface area (Å²) in [4.78, 5) is 15.7. The molecule has 1 aliphatic rings. The number of hydrogen-bond acceptors (Lipinski definition) is 8. The molecule has 0 aliphatic carbocycles. The Hall–Kier alpha value is -1.68. The Morgan fingerprint density at radius 2 is 2.15 bits per heavy atom. The minimum atomic E-state index is -1.35. The van der Waals surface area contributed by atoms with Gasteiger partial charge in [0.2, 0.25) is 0 Å². The van der Waals surface area contributed by atoms with Crippen molar-refractivity contribution in [2.75, 3.05) is 19.0 Å². The zero-order valence-electron chi connectivity index (χ0n) is 11.1. The van der Waals surface area contributed by atoms with Crippen LogP contribution in [0.25, 0.3) is 0 Å². The second-order valence-corrected chi connectivity index (χ2v) is 4.47. The topological polar surface area (TPSA) is 126 Å². The molecule has 1 aromatic rings. The van der Waals surface area contributed by atoms with E-state index in [1.807, 2.05) is 0 Å². The van der Waals surface area contributed by atoms with Gasteiger partial charge in [-0.2, -0.15) is 4.98 Å². The highest BCUT2D eigenvalue weighted by molar-refractivity contribution is 5.35. The summed E-state index contributed by atoms with van der Waals surface area (Å²) in [5, 5.41) is 31.4. The third-order valence-electron chi connectivity index (χ3n) is 3.07. The minimum absolute atomic E-state index is 0.0888. The highest BCUT2D eigenvalue weighted by atomic mass is 16.5. The van der Waals surface area contributed by atoms with E-state index in [4.69, 9.17) is 9.47 Å². The maximum absolute atomic E-state index is 11.7. The van der Waals surface area contributed by atoms with Crippen LogP contribution >= 0.6 is 0 Å². The quantitative estimate of drug-likeness (QED) is 0.486. The number of ether oxygens (including phenoxy) is 2. The van der Waals surface area contributed by atoms with Crippen molar-refractivity contribution < 1.29 is 24.8 Å². The molecule has 4 atom stereocenters. The number of aliphatic hydroxyl groups is 3. The van der Waals surface area contributed by atoms with Crippen molar-refractivity contribution in [1.82, 2.24) is 9.55 Å². The number of anilines is 1. The molecule has 0 radical (unpaired) electrons. The third kappa shape index (κ3) is 2.75. The van der Waals surface area contributed by atoms with E-state index in [1.165, 1.54) is 24.8 Å². The van der Waals surface area contributed by atoms with E-state index in [9.17, 15) is 20.1 Å². The van der Waals surface area contributed by atoms with Gasteiger partial charge in [-0.15, -0.1) is 0 Å². The number of nitrogens with one attached hydrogen (secondary N) is 1. The smallest absolute Gasteiger partial charge is 0.300 e. The molecule has 20 heavy (non-hydrogen) atoms. The second kappa shape index (κ2) is 5.75. The Morgan fingerprint density at radius 3 is 2.80 bits per heavy atom. The zero-order valence-corrected chi connectivity index (χ0v) is 11.1. The summed E-state index contributed by atoms with van der Waals surface area (Å²) in [6, 6.07) is 1.29. The summed E-state index contributed by atoms with van der Waals surface area (Å²) in [5.74, 6) is 0.137. The van der Waals surface area contributed by atoms with Gasteiger partial charge in [-0.25, -0.2) is 0 Å². The van der Waals surface area contributed by atoms with Crippen molar-refractivity contribution >= 4 is 5.82 Å². The fourth-order valence-corrected chi connectivity index (χ4v) is 1.85. The van der Waals surface area contributed by atoms with Gasteiger partial charge in [-0.3, -0.25) is 9.36 Å². The van der Waals surface area contributed by atoms with Crippen LogP contribution in [0.3, 0.4) is 0 Å². The summed E-state index contributed by atoms with van der Waals surface area (Å²) in [5.41, 5.74) is -0.356. The number of rotatable bonds is 3. The Morgan fingerprint density at radius 1 is 1.45 bits per heavy atom. The number of aliphatic hydroxyl groups excluding tert-OH is 3. The number of hydrogen-bond donors (Lipinski definition) is 4. The minimum Gasteiger partial charge on any atom is -0.468 e. The largest absolute Gasteiger partial charge is 0.468 e. The van der Waals surface area contributed by atoms with Crippen LogP contribution in [-0.4, -0.2) is 63.1 Å². The lowest BCUT2D eigenvalue weighted by molar-refractivity contribution is -0.178. The first-order chi connectivity index (χ1) is 9.43. The maximum atomic E-state index is 11.7. The monoisotopic (exact) mass is 287 g/mol. The van der Waals surface area contributed by atoms with Gasteiger partial charge in [0.25, 0.3) is 5.56 Å². The molecule has 2 heterocycles. The molecule has 0 amide bonds. The summed E-state index contributed by atoms with van der Waals surface area (Å²) < 4.78 is 11.3. The Labute approximate surface area is 114 Å². The molecule has 112 valence electrons. The molecule has 0 spiro atoms. The van der Waals surface area contributed by atoms with Crippen molar-refractivity contribution in [3.8, 4) is 6.01 Å². The second-order valence-electron chi connectivity index (χ2n) is 4.47. The predicted octanol–water partition coefficient (Wildman–Crippen LogP) is -2.36. The molecule has 0 saturated carbocycles. The van der Waals surface area contributed by atoms with Crippen molar-refractivity contribution in [3.63, 3.8) is 0 Å².